The van der Waals surface area contributed by atoms with Crippen LogP contribution in [0.5, 0.6) is 0 Å². The molecule has 0 bridgehead atoms. The molecule has 0 aliphatic carbocycles. The van der Waals surface area contributed by atoms with Gasteiger partial charge in [0.15, 0.2) is 0 Å². The van der Waals surface area contributed by atoms with E-state index in [2.05, 4.69) is 13.8 Å². The fraction of sp³-hybridized carbons (Fsp3) is 1.00. The minimum absolute atomic E-state index is 0.543. The average molecular weight is 239 g/mol. The van der Waals surface area contributed by atoms with Crippen molar-refractivity contribution in [1.29, 1.82) is 0 Å². The van der Waals surface area contributed by atoms with Crippen molar-refractivity contribution in [1.82, 2.24) is 0 Å². The molecule has 0 radical (unpaired) electrons. The zero-order valence-corrected chi connectivity index (χ0v) is 11.3. The van der Waals surface area contributed by atoms with Gasteiger partial charge in [-0.25, -0.2) is 0 Å². The normalized spacial score (nSPS) is 13.1. The molecule has 0 atom stereocenters. The molecule has 0 aliphatic heterocycles. The Hall–Kier alpha value is 0.270. The zero-order valence-electron chi connectivity index (χ0n) is 10.3. The second kappa shape index (κ2) is 9.49. The van der Waals surface area contributed by atoms with Crippen molar-refractivity contribution < 1.29 is 13.6 Å². The van der Waals surface area contributed by atoms with Crippen LogP contribution in [0.4, 0.5) is 0 Å². The predicted octanol–water partition coefficient (Wildman–Crippen LogP) is 3.02. The molecule has 0 saturated heterocycles. The van der Waals surface area contributed by atoms with E-state index < -0.39 is 8.09 Å². The summed E-state index contributed by atoms with van der Waals surface area (Å²) < 4.78 is 16.5. The Morgan fingerprint density at radius 1 is 0.867 bits per heavy atom. The molecule has 0 spiro atoms. The number of hydrogen-bond acceptors (Lipinski definition) is 4. The molecule has 0 unspecified atom stereocenters. The Morgan fingerprint density at radius 3 is 1.67 bits per heavy atom. The van der Waals surface area contributed by atoms with Gasteiger partial charge in [-0.05, 0) is 0 Å². The molecule has 0 heterocycles. The van der Waals surface area contributed by atoms with Gasteiger partial charge in [0.1, 0.15) is 0 Å². The monoisotopic (exact) mass is 239 g/mol. The minimum atomic E-state index is -2.82. The van der Waals surface area contributed by atoms with Gasteiger partial charge in [-0.2, -0.15) is 0 Å². The summed E-state index contributed by atoms with van der Waals surface area (Å²) in [4.78, 5) is 0. The molecular formula is C10H26NO3P. The van der Waals surface area contributed by atoms with Crippen LogP contribution in [0, 0.1) is 0 Å². The van der Waals surface area contributed by atoms with Gasteiger partial charge in [0.05, 0.1) is 0 Å². The molecule has 0 amide bonds. The van der Waals surface area contributed by atoms with Crippen molar-refractivity contribution in [3.8, 4) is 0 Å². The van der Waals surface area contributed by atoms with Crippen molar-refractivity contribution in [2.24, 2.45) is 5.50 Å². The summed E-state index contributed by atoms with van der Waals surface area (Å²) in [6, 6.07) is 0. The first-order valence-electron chi connectivity index (χ1n) is 5.89. The molecule has 0 fully saturated rings. The zero-order chi connectivity index (χ0) is 11.6. The molecule has 0 aliphatic rings. The maximum atomic E-state index is 5.96. The first kappa shape index (κ1) is 15.3. The van der Waals surface area contributed by atoms with Crippen molar-refractivity contribution in [2.75, 3.05) is 19.8 Å². The fourth-order valence-corrected chi connectivity index (χ4v) is 2.55. The number of rotatable bonds is 10. The van der Waals surface area contributed by atoms with Gasteiger partial charge in [0, 0.05) is 0 Å². The van der Waals surface area contributed by atoms with Crippen molar-refractivity contribution in [3.05, 3.63) is 0 Å². The third-order valence-electron chi connectivity index (χ3n) is 1.95. The van der Waals surface area contributed by atoms with Crippen LogP contribution < -0.4 is 5.50 Å². The summed E-state index contributed by atoms with van der Waals surface area (Å²) in [5.41, 5.74) is 5.96. The Balaban J connectivity index is 3.83. The third-order valence-corrected chi connectivity index (χ3v) is 3.85. The summed E-state index contributed by atoms with van der Waals surface area (Å²) in [6.45, 7) is 7.93. The summed E-state index contributed by atoms with van der Waals surface area (Å²) in [5, 5.41) is 0. The molecule has 2 N–H and O–H groups in total. The van der Waals surface area contributed by atoms with E-state index in [0.717, 1.165) is 25.7 Å². The van der Waals surface area contributed by atoms with E-state index in [4.69, 9.17) is 19.1 Å². The molecule has 0 aromatic rings. The third kappa shape index (κ3) is 8.12. The molecule has 15 heavy (non-hydrogen) atoms. The van der Waals surface area contributed by atoms with E-state index in [1.165, 1.54) is 0 Å². The van der Waals surface area contributed by atoms with Crippen LogP contribution in [-0.2, 0) is 13.6 Å². The van der Waals surface area contributed by atoms with Gasteiger partial charge in [-0.3, -0.25) is 0 Å². The van der Waals surface area contributed by atoms with E-state index in [1.807, 2.05) is 6.92 Å². The predicted molar refractivity (Wildman–Crippen MR) is 65.8 cm³/mol. The van der Waals surface area contributed by atoms with Crippen LogP contribution in [0.2, 0.25) is 0 Å². The first-order valence-corrected chi connectivity index (χ1v) is 7.69. The Labute approximate surface area is 94.1 Å². The first-order chi connectivity index (χ1) is 7.18. The summed E-state index contributed by atoms with van der Waals surface area (Å²) in [5.74, 6) is 0. The quantitative estimate of drug-likeness (QED) is 0.470. The van der Waals surface area contributed by atoms with Gasteiger partial charge in [0.2, 0.25) is 0 Å². The Kier molecular flexibility index (Phi) is 9.66. The Morgan fingerprint density at radius 2 is 1.33 bits per heavy atom. The van der Waals surface area contributed by atoms with Gasteiger partial charge in [-0.15, -0.1) is 0 Å². The molecule has 5 heteroatoms. The topological polar surface area (TPSA) is 53.7 Å². The average Bonchev–Trinajstić information content (AvgIpc) is 2.19. The summed E-state index contributed by atoms with van der Waals surface area (Å²) in [6.07, 6.45) is 4.17. The van der Waals surface area contributed by atoms with E-state index in [0.29, 0.717) is 19.8 Å². The maximum absolute atomic E-state index is 5.96. The number of hydrogen-bond donors (Lipinski definition) is 1. The SMILES string of the molecule is CCCCO[PH](N)(OCC)OCCCC. The second-order valence-corrected chi connectivity index (χ2v) is 5.51. The van der Waals surface area contributed by atoms with Crippen LogP contribution in [0.3, 0.4) is 0 Å². The van der Waals surface area contributed by atoms with Gasteiger partial charge < -0.3 is 0 Å². The van der Waals surface area contributed by atoms with Crippen molar-refractivity contribution in [3.63, 3.8) is 0 Å². The molecule has 94 valence electrons. The van der Waals surface area contributed by atoms with Gasteiger partial charge >= 0.3 is 93.4 Å². The van der Waals surface area contributed by atoms with E-state index >= 15 is 0 Å². The van der Waals surface area contributed by atoms with Crippen LogP contribution in [-0.4, -0.2) is 19.8 Å². The standard InChI is InChI=1S/C10H26NO3P/c1-4-7-9-13-15(11,12-6-3)14-10-8-5-2/h15H,4-11H2,1-3H3. The fourth-order valence-electron chi connectivity index (χ4n) is 1.04. The van der Waals surface area contributed by atoms with Crippen LogP contribution >= 0.6 is 8.09 Å². The summed E-state index contributed by atoms with van der Waals surface area (Å²) in [7, 11) is -2.82. The molecular weight excluding hydrogens is 213 g/mol. The Bertz CT molecular complexity index is 137. The molecule has 0 saturated carbocycles. The van der Waals surface area contributed by atoms with E-state index in [1.54, 1.807) is 0 Å². The van der Waals surface area contributed by atoms with E-state index in [9.17, 15) is 0 Å². The van der Waals surface area contributed by atoms with Crippen LogP contribution in [0.1, 0.15) is 46.5 Å². The molecule has 0 rings (SSSR count). The summed E-state index contributed by atoms with van der Waals surface area (Å²) >= 11 is 0. The number of nitrogens with two attached hydrogens (primary N) is 1. The number of unbranched alkanes of at least 4 members (excludes halogenated alkanes) is 2. The van der Waals surface area contributed by atoms with Crippen molar-refractivity contribution >= 4 is 8.09 Å². The van der Waals surface area contributed by atoms with Gasteiger partial charge in [-0.1, -0.05) is 0 Å². The van der Waals surface area contributed by atoms with E-state index in [-0.39, 0.29) is 0 Å². The molecule has 4 nitrogen and oxygen atoms in total. The molecule has 0 aromatic heterocycles. The van der Waals surface area contributed by atoms with Crippen LogP contribution in [0.25, 0.3) is 0 Å². The second-order valence-electron chi connectivity index (χ2n) is 3.44. The van der Waals surface area contributed by atoms with Gasteiger partial charge in [0.25, 0.3) is 0 Å². The van der Waals surface area contributed by atoms with Crippen LogP contribution in [0.15, 0.2) is 0 Å². The van der Waals surface area contributed by atoms with Crippen molar-refractivity contribution in [2.45, 2.75) is 46.5 Å². The molecule has 0 aromatic carbocycles.